The summed E-state index contributed by atoms with van der Waals surface area (Å²) < 4.78 is 2.66. The van der Waals surface area contributed by atoms with Crippen molar-refractivity contribution in [3.8, 4) is 44.5 Å². The molecule has 0 amide bonds. The van der Waals surface area contributed by atoms with Crippen molar-refractivity contribution in [1.82, 2.24) is 4.98 Å². The van der Waals surface area contributed by atoms with Crippen LogP contribution in [0.15, 0.2) is 158 Å². The van der Waals surface area contributed by atoms with Gasteiger partial charge >= 0.3 is 0 Å². The molecule has 1 nitrogen and oxygen atoms in total. The van der Waals surface area contributed by atoms with Gasteiger partial charge in [0.25, 0.3) is 0 Å². The zero-order chi connectivity index (χ0) is 29.0. The molecule has 0 aliphatic rings. The second-order valence-corrected chi connectivity index (χ2v) is 12.5. The monoisotopic (exact) mass is 577 g/mol. The summed E-state index contributed by atoms with van der Waals surface area (Å²) in [6.07, 6.45) is 0. The molecule has 0 fully saturated rings. The van der Waals surface area contributed by atoms with Crippen LogP contribution in [-0.2, 0) is 0 Å². The van der Waals surface area contributed by atoms with Crippen molar-refractivity contribution in [2.24, 2.45) is 0 Å². The molecule has 0 aliphatic heterocycles. The predicted octanol–water partition coefficient (Wildman–Crippen LogP) is 12.4. The zero-order valence-corrected chi connectivity index (χ0v) is 24.7. The minimum Gasteiger partial charge on any atom is -0.355 e. The summed E-state index contributed by atoms with van der Waals surface area (Å²) >= 11 is 1.89. The molecule has 0 saturated carbocycles. The number of para-hydroxylation sites is 1. The lowest BCUT2D eigenvalue weighted by atomic mass is 9.97. The molecule has 1 N–H and O–H groups in total. The van der Waals surface area contributed by atoms with Crippen molar-refractivity contribution >= 4 is 53.3 Å². The molecular weight excluding hydrogens is 551 g/mol. The maximum absolute atomic E-state index is 3.55. The Labute approximate surface area is 259 Å². The third kappa shape index (κ3) is 4.15. The fourth-order valence-electron chi connectivity index (χ4n) is 6.56. The molecule has 2 heteroatoms. The lowest BCUT2D eigenvalue weighted by Crippen LogP contribution is -1.82. The van der Waals surface area contributed by atoms with Gasteiger partial charge in [-0.15, -0.1) is 11.3 Å². The maximum Gasteiger partial charge on any atom is 0.0465 e. The Morgan fingerprint density at radius 3 is 1.64 bits per heavy atom. The van der Waals surface area contributed by atoms with Crippen LogP contribution >= 0.6 is 11.3 Å². The highest BCUT2D eigenvalue weighted by atomic mass is 32.1. The third-order valence-corrected chi connectivity index (χ3v) is 10.1. The standard InChI is InChI=1S/C42H27NS/c1-2-7-27(8-3-1)28-13-15-29(16-14-28)30-17-19-31(20-18-30)34-10-6-11-36-38-26-33(22-24-41(38)44-42(34)36)32-21-23-40-37(25-32)35-9-4-5-12-39(35)43-40/h1-26,43H. The third-order valence-electron chi connectivity index (χ3n) is 8.86. The van der Waals surface area contributed by atoms with E-state index in [1.165, 1.54) is 86.5 Å². The van der Waals surface area contributed by atoms with Crippen molar-refractivity contribution in [1.29, 1.82) is 0 Å². The first-order valence-electron chi connectivity index (χ1n) is 15.0. The molecule has 206 valence electrons. The number of aromatic nitrogens is 1. The van der Waals surface area contributed by atoms with E-state index in [1.54, 1.807) is 0 Å². The van der Waals surface area contributed by atoms with Crippen LogP contribution in [0.4, 0.5) is 0 Å². The lowest BCUT2D eigenvalue weighted by Gasteiger charge is -2.08. The summed E-state index contributed by atoms with van der Waals surface area (Å²) in [5.41, 5.74) is 12.3. The normalized spacial score (nSPS) is 11.6. The number of benzene rings is 7. The van der Waals surface area contributed by atoms with E-state index >= 15 is 0 Å². The second kappa shape index (κ2) is 10.1. The Bertz CT molecular complexity index is 2460. The van der Waals surface area contributed by atoms with Crippen LogP contribution in [0, 0.1) is 0 Å². The Balaban J connectivity index is 1.07. The van der Waals surface area contributed by atoms with Crippen LogP contribution in [0.25, 0.3) is 86.5 Å². The smallest absolute Gasteiger partial charge is 0.0465 e. The maximum atomic E-state index is 3.55. The Morgan fingerprint density at radius 1 is 0.341 bits per heavy atom. The van der Waals surface area contributed by atoms with E-state index in [1.807, 2.05) is 11.3 Å². The van der Waals surface area contributed by atoms with Gasteiger partial charge in [-0.05, 0) is 74.8 Å². The van der Waals surface area contributed by atoms with Crippen LogP contribution in [0.3, 0.4) is 0 Å². The number of hydrogen-bond donors (Lipinski definition) is 1. The van der Waals surface area contributed by atoms with E-state index < -0.39 is 0 Å². The van der Waals surface area contributed by atoms with Crippen LogP contribution in [0.1, 0.15) is 0 Å². The number of aromatic amines is 1. The van der Waals surface area contributed by atoms with Crippen LogP contribution in [-0.4, -0.2) is 4.98 Å². The molecule has 2 heterocycles. The van der Waals surface area contributed by atoms with E-state index in [9.17, 15) is 0 Å². The molecule has 0 atom stereocenters. The van der Waals surface area contributed by atoms with Gasteiger partial charge in [0.1, 0.15) is 0 Å². The molecule has 0 spiro atoms. The number of H-pyrrole nitrogens is 1. The average molecular weight is 578 g/mol. The molecule has 0 bridgehead atoms. The number of fused-ring (bicyclic) bond motifs is 6. The Hall–Kier alpha value is -5.44. The van der Waals surface area contributed by atoms with Crippen molar-refractivity contribution < 1.29 is 0 Å². The first-order valence-corrected chi connectivity index (χ1v) is 15.8. The zero-order valence-electron chi connectivity index (χ0n) is 23.9. The summed E-state index contributed by atoms with van der Waals surface area (Å²) in [6.45, 7) is 0. The molecule has 7 aromatic carbocycles. The van der Waals surface area contributed by atoms with Gasteiger partial charge in [-0.1, -0.05) is 127 Å². The minimum atomic E-state index is 1.18. The molecule has 0 radical (unpaired) electrons. The Kier molecular flexibility index (Phi) is 5.75. The van der Waals surface area contributed by atoms with E-state index in [-0.39, 0.29) is 0 Å². The molecule has 9 aromatic rings. The van der Waals surface area contributed by atoms with Gasteiger partial charge in [0, 0.05) is 42.0 Å². The first kappa shape index (κ1) is 25.1. The molecular formula is C42H27NS. The van der Waals surface area contributed by atoms with Gasteiger partial charge in [-0.2, -0.15) is 0 Å². The number of thiophene rings is 1. The molecule has 0 unspecified atom stereocenters. The van der Waals surface area contributed by atoms with E-state index in [4.69, 9.17) is 0 Å². The molecule has 44 heavy (non-hydrogen) atoms. The van der Waals surface area contributed by atoms with Crippen molar-refractivity contribution in [3.05, 3.63) is 158 Å². The van der Waals surface area contributed by atoms with Gasteiger partial charge in [0.15, 0.2) is 0 Å². The van der Waals surface area contributed by atoms with Gasteiger partial charge in [-0.3, -0.25) is 0 Å². The molecule has 0 aliphatic carbocycles. The van der Waals surface area contributed by atoms with Crippen LogP contribution in [0.5, 0.6) is 0 Å². The van der Waals surface area contributed by atoms with Crippen molar-refractivity contribution in [3.63, 3.8) is 0 Å². The second-order valence-electron chi connectivity index (χ2n) is 11.4. The highest BCUT2D eigenvalue weighted by Crippen LogP contribution is 2.42. The van der Waals surface area contributed by atoms with E-state index in [2.05, 4.69) is 163 Å². The lowest BCUT2D eigenvalue weighted by molar-refractivity contribution is 1.54. The molecule has 0 saturated heterocycles. The molecule has 2 aromatic heterocycles. The predicted molar refractivity (Wildman–Crippen MR) is 190 cm³/mol. The summed E-state index contributed by atoms with van der Waals surface area (Å²) in [6, 6.07) is 57.4. The van der Waals surface area contributed by atoms with Crippen LogP contribution < -0.4 is 0 Å². The fourth-order valence-corrected chi connectivity index (χ4v) is 7.78. The van der Waals surface area contributed by atoms with Gasteiger partial charge in [-0.25, -0.2) is 0 Å². The van der Waals surface area contributed by atoms with Crippen LogP contribution in [0.2, 0.25) is 0 Å². The quantitative estimate of drug-likeness (QED) is 0.214. The van der Waals surface area contributed by atoms with E-state index in [0.717, 1.165) is 0 Å². The summed E-state index contributed by atoms with van der Waals surface area (Å²) in [5.74, 6) is 0. The highest BCUT2D eigenvalue weighted by Gasteiger charge is 2.13. The SMILES string of the molecule is c1ccc(-c2ccc(-c3ccc(-c4cccc5c4sc4ccc(-c6ccc7[nH]c8ccccc8c7c6)cc45)cc3)cc2)cc1. The highest BCUT2D eigenvalue weighted by molar-refractivity contribution is 7.26. The number of rotatable bonds is 4. The summed E-state index contributed by atoms with van der Waals surface area (Å²) in [5, 5.41) is 5.18. The topological polar surface area (TPSA) is 15.8 Å². The Morgan fingerprint density at radius 2 is 0.886 bits per heavy atom. The summed E-state index contributed by atoms with van der Waals surface area (Å²) in [7, 11) is 0. The van der Waals surface area contributed by atoms with E-state index in [0.29, 0.717) is 0 Å². The van der Waals surface area contributed by atoms with Crippen molar-refractivity contribution in [2.75, 3.05) is 0 Å². The largest absolute Gasteiger partial charge is 0.355 e. The average Bonchev–Trinajstić information content (AvgIpc) is 3.66. The van der Waals surface area contributed by atoms with Gasteiger partial charge in [0.05, 0.1) is 0 Å². The summed E-state index contributed by atoms with van der Waals surface area (Å²) in [4.78, 5) is 3.55. The minimum absolute atomic E-state index is 1.18. The fraction of sp³-hybridized carbons (Fsp3) is 0. The van der Waals surface area contributed by atoms with Gasteiger partial charge in [0.2, 0.25) is 0 Å². The number of nitrogens with one attached hydrogen (secondary N) is 1. The first-order chi connectivity index (χ1) is 21.8. The molecule has 9 rings (SSSR count). The van der Waals surface area contributed by atoms with Gasteiger partial charge < -0.3 is 4.98 Å². The number of hydrogen-bond acceptors (Lipinski definition) is 1. The van der Waals surface area contributed by atoms with Crippen molar-refractivity contribution in [2.45, 2.75) is 0 Å².